The van der Waals surface area contributed by atoms with Crippen molar-refractivity contribution in [2.75, 3.05) is 13.1 Å². The van der Waals surface area contributed by atoms with E-state index in [1.165, 1.54) is 4.90 Å². The molecule has 2 heterocycles. The molecule has 138 valence electrons. The number of nitrogens with zero attached hydrogens (tertiary/aromatic N) is 1. The molecule has 0 aromatic heterocycles. The van der Waals surface area contributed by atoms with Gasteiger partial charge in [0.25, 0.3) is 11.8 Å². The monoisotopic (exact) mass is 357 g/mol. The van der Waals surface area contributed by atoms with Crippen LogP contribution in [0.2, 0.25) is 0 Å². The number of carbonyl (C=O) groups is 4. The third-order valence-electron chi connectivity index (χ3n) is 5.20. The third kappa shape index (κ3) is 3.53. The van der Waals surface area contributed by atoms with Gasteiger partial charge in [0.05, 0.1) is 11.1 Å². The predicted octanol–water partition coefficient (Wildman–Crippen LogP) is 1.19. The molecule has 1 aromatic rings. The summed E-state index contributed by atoms with van der Waals surface area (Å²) < 4.78 is 0. The van der Waals surface area contributed by atoms with Gasteiger partial charge in [-0.2, -0.15) is 0 Å². The van der Waals surface area contributed by atoms with Crippen molar-refractivity contribution in [1.82, 2.24) is 15.5 Å². The van der Waals surface area contributed by atoms with Crippen LogP contribution in [0.1, 0.15) is 64.8 Å². The molecule has 1 fully saturated rings. The Bertz CT molecular complexity index is 740. The van der Waals surface area contributed by atoms with E-state index in [4.69, 9.17) is 0 Å². The molecule has 7 heteroatoms. The number of imide groups is 2. The zero-order valence-electron chi connectivity index (χ0n) is 14.8. The number of nitrogens with one attached hydrogen (secondary N) is 2. The highest BCUT2D eigenvalue weighted by atomic mass is 16.2. The molecule has 0 saturated carbocycles. The van der Waals surface area contributed by atoms with E-state index in [0.29, 0.717) is 29.9 Å². The van der Waals surface area contributed by atoms with Crippen molar-refractivity contribution < 1.29 is 19.2 Å². The van der Waals surface area contributed by atoms with Crippen LogP contribution >= 0.6 is 0 Å². The second-order valence-corrected chi connectivity index (χ2v) is 6.88. The van der Waals surface area contributed by atoms with Crippen LogP contribution in [-0.4, -0.2) is 48.2 Å². The van der Waals surface area contributed by atoms with Crippen molar-refractivity contribution in [3.63, 3.8) is 0 Å². The van der Waals surface area contributed by atoms with Crippen LogP contribution in [0.4, 0.5) is 0 Å². The number of hydrogen-bond acceptors (Lipinski definition) is 5. The molecule has 1 unspecified atom stereocenters. The minimum Gasteiger partial charge on any atom is -0.317 e. The van der Waals surface area contributed by atoms with Crippen LogP contribution in [0.3, 0.4) is 0 Å². The molecule has 1 saturated heterocycles. The highest BCUT2D eigenvalue weighted by molar-refractivity contribution is 6.21. The zero-order chi connectivity index (χ0) is 18.7. The summed E-state index contributed by atoms with van der Waals surface area (Å²) in [5, 5.41) is 5.38. The van der Waals surface area contributed by atoms with Crippen LogP contribution in [-0.2, 0) is 9.59 Å². The Balaban J connectivity index is 1.74. The fourth-order valence-electron chi connectivity index (χ4n) is 3.69. The number of carbonyl (C=O) groups excluding carboxylic acids is 4. The minimum atomic E-state index is -0.420. The number of rotatable bonds is 6. The number of hydrogen-bond donors (Lipinski definition) is 2. The zero-order valence-corrected chi connectivity index (χ0v) is 14.8. The summed E-state index contributed by atoms with van der Waals surface area (Å²) in [5.74, 6) is -0.631. The SMILES string of the molecule is CC(CCC(=O)NC=O)N1C(=O)c2ccc(C3CCNCC3)cc2C1=O. The van der Waals surface area contributed by atoms with E-state index < -0.39 is 11.9 Å². The van der Waals surface area contributed by atoms with Crippen molar-refractivity contribution in [2.45, 2.75) is 44.6 Å². The van der Waals surface area contributed by atoms with Crippen LogP contribution in [0.25, 0.3) is 0 Å². The number of piperidine rings is 1. The fraction of sp³-hybridized carbons (Fsp3) is 0.474. The summed E-state index contributed by atoms with van der Waals surface area (Å²) in [5.41, 5.74) is 1.98. The third-order valence-corrected chi connectivity index (χ3v) is 5.20. The average molecular weight is 357 g/mol. The topological polar surface area (TPSA) is 95.6 Å². The van der Waals surface area contributed by atoms with Crippen molar-refractivity contribution in [2.24, 2.45) is 0 Å². The van der Waals surface area contributed by atoms with E-state index in [0.717, 1.165) is 31.5 Å². The first-order valence-electron chi connectivity index (χ1n) is 8.98. The first-order chi connectivity index (χ1) is 12.5. The van der Waals surface area contributed by atoms with Crippen molar-refractivity contribution in [1.29, 1.82) is 0 Å². The molecule has 2 aliphatic rings. The van der Waals surface area contributed by atoms with Crippen molar-refractivity contribution >= 4 is 24.1 Å². The lowest BCUT2D eigenvalue weighted by Crippen LogP contribution is -2.38. The molecule has 4 amide bonds. The van der Waals surface area contributed by atoms with Gasteiger partial charge < -0.3 is 5.32 Å². The molecular formula is C19H23N3O4. The molecule has 7 nitrogen and oxygen atoms in total. The molecule has 2 aliphatic heterocycles. The van der Waals surface area contributed by atoms with Crippen LogP contribution in [0.15, 0.2) is 18.2 Å². The number of amides is 4. The Morgan fingerprint density at radius 3 is 2.65 bits per heavy atom. The van der Waals surface area contributed by atoms with E-state index >= 15 is 0 Å². The first kappa shape index (κ1) is 18.3. The number of benzene rings is 1. The van der Waals surface area contributed by atoms with Crippen molar-refractivity contribution in [3.8, 4) is 0 Å². The molecule has 3 rings (SSSR count). The van der Waals surface area contributed by atoms with Gasteiger partial charge >= 0.3 is 0 Å². The van der Waals surface area contributed by atoms with E-state index in [9.17, 15) is 19.2 Å². The van der Waals surface area contributed by atoms with Gasteiger partial charge in [0, 0.05) is 12.5 Å². The first-order valence-corrected chi connectivity index (χ1v) is 8.98. The fourth-order valence-corrected chi connectivity index (χ4v) is 3.69. The van der Waals surface area contributed by atoms with Gasteiger partial charge in [0.15, 0.2) is 0 Å². The molecular weight excluding hydrogens is 334 g/mol. The van der Waals surface area contributed by atoms with Gasteiger partial charge in [-0.05, 0) is 62.9 Å². The highest BCUT2D eigenvalue weighted by Gasteiger charge is 2.38. The summed E-state index contributed by atoms with van der Waals surface area (Å²) in [6.45, 7) is 3.66. The van der Waals surface area contributed by atoms with Gasteiger partial charge in [-0.25, -0.2) is 0 Å². The Kier molecular flexibility index (Phi) is 5.46. The number of fused-ring (bicyclic) bond motifs is 1. The Morgan fingerprint density at radius 1 is 1.27 bits per heavy atom. The molecule has 0 aliphatic carbocycles. The minimum absolute atomic E-state index is 0.0770. The van der Waals surface area contributed by atoms with Crippen LogP contribution in [0.5, 0.6) is 0 Å². The largest absolute Gasteiger partial charge is 0.317 e. The lowest BCUT2D eigenvalue weighted by Gasteiger charge is -2.23. The standard InChI is InChI=1S/C19H23N3O4/c1-12(2-5-17(24)21-11-23)22-18(25)15-4-3-14(10-16(15)19(22)26)13-6-8-20-9-7-13/h3-4,10-13,20H,2,5-9H2,1H3,(H,21,23,24). The predicted molar refractivity (Wildman–Crippen MR) is 94.7 cm³/mol. The summed E-state index contributed by atoms with van der Waals surface area (Å²) >= 11 is 0. The summed E-state index contributed by atoms with van der Waals surface area (Å²) in [7, 11) is 0. The average Bonchev–Trinajstić information content (AvgIpc) is 2.91. The Labute approximate surface area is 152 Å². The molecule has 0 bridgehead atoms. The van der Waals surface area contributed by atoms with Gasteiger partial charge in [-0.1, -0.05) is 6.07 Å². The van der Waals surface area contributed by atoms with Gasteiger partial charge in [0.1, 0.15) is 0 Å². The van der Waals surface area contributed by atoms with Crippen LogP contribution < -0.4 is 10.6 Å². The smallest absolute Gasteiger partial charge is 0.261 e. The van der Waals surface area contributed by atoms with Crippen LogP contribution in [0, 0.1) is 0 Å². The van der Waals surface area contributed by atoms with E-state index in [1.807, 2.05) is 12.1 Å². The lowest BCUT2D eigenvalue weighted by atomic mass is 9.88. The second-order valence-electron chi connectivity index (χ2n) is 6.88. The maximum absolute atomic E-state index is 12.8. The normalized spacial score (nSPS) is 18.6. The summed E-state index contributed by atoms with van der Waals surface area (Å²) in [4.78, 5) is 48.4. The van der Waals surface area contributed by atoms with Gasteiger partial charge in [-0.3, -0.25) is 29.4 Å². The molecule has 1 aromatic carbocycles. The molecule has 0 radical (unpaired) electrons. The summed E-state index contributed by atoms with van der Waals surface area (Å²) in [6, 6.07) is 5.14. The summed E-state index contributed by atoms with van der Waals surface area (Å²) in [6.07, 6.45) is 2.76. The molecule has 2 N–H and O–H groups in total. The van der Waals surface area contributed by atoms with E-state index in [1.54, 1.807) is 13.0 Å². The van der Waals surface area contributed by atoms with Crippen molar-refractivity contribution in [3.05, 3.63) is 34.9 Å². The quantitative estimate of drug-likeness (QED) is 0.589. The van der Waals surface area contributed by atoms with E-state index in [-0.39, 0.29) is 18.2 Å². The molecule has 0 spiro atoms. The maximum atomic E-state index is 12.8. The second kappa shape index (κ2) is 7.78. The molecule has 26 heavy (non-hydrogen) atoms. The molecule has 1 atom stereocenters. The maximum Gasteiger partial charge on any atom is 0.261 e. The highest BCUT2D eigenvalue weighted by Crippen LogP contribution is 2.31. The van der Waals surface area contributed by atoms with E-state index in [2.05, 4.69) is 10.6 Å². The van der Waals surface area contributed by atoms with Gasteiger partial charge in [0.2, 0.25) is 12.3 Å². The Morgan fingerprint density at radius 2 is 1.96 bits per heavy atom. The van der Waals surface area contributed by atoms with Gasteiger partial charge in [-0.15, -0.1) is 0 Å². The lowest BCUT2D eigenvalue weighted by molar-refractivity contribution is -0.125. The Hall–Kier alpha value is -2.54.